The molecule has 0 unspecified atom stereocenters. The minimum Gasteiger partial charge on any atom is -0.507 e. The number of hydrogen-bond acceptors (Lipinski definition) is 5. The monoisotopic (exact) mass is 436 g/mol. The van der Waals surface area contributed by atoms with Gasteiger partial charge in [0.1, 0.15) is 11.5 Å². The first-order chi connectivity index (χ1) is 15.3. The van der Waals surface area contributed by atoms with Gasteiger partial charge in [0.15, 0.2) is 0 Å². The summed E-state index contributed by atoms with van der Waals surface area (Å²) in [6.45, 7) is 5.77. The molecule has 0 saturated carbocycles. The molecule has 1 amide bonds. The van der Waals surface area contributed by atoms with E-state index in [4.69, 9.17) is 4.74 Å². The van der Waals surface area contributed by atoms with E-state index in [0.717, 1.165) is 24.1 Å². The minimum absolute atomic E-state index is 0.122. The molecule has 170 valence electrons. The maximum absolute atomic E-state index is 13.1. The SMILES string of the molecule is CCCOc1cccc([C@@H]2/C(=C(\O)c3ccc(C)cc3)C(=O)C(=O)N2CCCN(C)C)c1. The molecule has 0 spiro atoms. The van der Waals surface area contributed by atoms with E-state index in [9.17, 15) is 14.7 Å². The highest BCUT2D eigenvalue weighted by molar-refractivity contribution is 6.46. The van der Waals surface area contributed by atoms with Crippen molar-refractivity contribution < 1.29 is 19.4 Å². The second-order valence-corrected chi connectivity index (χ2v) is 8.44. The zero-order chi connectivity index (χ0) is 23.3. The molecule has 0 aliphatic carbocycles. The molecule has 6 nitrogen and oxygen atoms in total. The van der Waals surface area contributed by atoms with Gasteiger partial charge in [-0.15, -0.1) is 0 Å². The number of carbonyl (C=O) groups is 2. The lowest BCUT2D eigenvalue weighted by molar-refractivity contribution is -0.139. The number of aliphatic hydroxyl groups is 1. The Morgan fingerprint density at radius 2 is 1.84 bits per heavy atom. The number of amides is 1. The summed E-state index contributed by atoms with van der Waals surface area (Å²) in [7, 11) is 3.94. The fourth-order valence-electron chi connectivity index (χ4n) is 3.88. The predicted molar refractivity (Wildman–Crippen MR) is 126 cm³/mol. The second kappa shape index (κ2) is 10.5. The van der Waals surface area contributed by atoms with E-state index in [1.54, 1.807) is 17.0 Å². The van der Waals surface area contributed by atoms with Crippen LogP contribution in [0.3, 0.4) is 0 Å². The van der Waals surface area contributed by atoms with E-state index in [1.807, 2.05) is 69.2 Å². The van der Waals surface area contributed by atoms with E-state index >= 15 is 0 Å². The summed E-state index contributed by atoms with van der Waals surface area (Å²) >= 11 is 0. The molecule has 1 N–H and O–H groups in total. The summed E-state index contributed by atoms with van der Waals surface area (Å²) in [5.74, 6) is -0.706. The molecule has 0 radical (unpaired) electrons. The molecule has 1 saturated heterocycles. The van der Waals surface area contributed by atoms with Crippen LogP contribution in [-0.4, -0.2) is 60.4 Å². The highest BCUT2D eigenvalue weighted by Crippen LogP contribution is 2.40. The number of nitrogens with zero attached hydrogens (tertiary/aromatic N) is 2. The Labute approximate surface area is 190 Å². The van der Waals surface area contributed by atoms with Gasteiger partial charge in [-0.1, -0.05) is 48.9 Å². The van der Waals surface area contributed by atoms with Crippen LogP contribution in [0.15, 0.2) is 54.1 Å². The number of benzene rings is 2. The third-order valence-electron chi connectivity index (χ3n) is 5.52. The standard InChI is InChI=1S/C26H32N2O4/c1-5-16-32-21-9-6-8-20(17-21)23-22(24(29)19-12-10-18(2)11-13-19)25(30)26(31)28(23)15-7-14-27(3)4/h6,8-13,17,23,29H,5,7,14-16H2,1-4H3/b24-22+/t23-/m1/s1. The van der Waals surface area contributed by atoms with Crippen molar-refractivity contribution in [3.63, 3.8) is 0 Å². The maximum atomic E-state index is 13.1. The van der Waals surface area contributed by atoms with Gasteiger partial charge in [-0.05, 0) is 58.1 Å². The number of aliphatic hydroxyl groups excluding tert-OH is 1. The fourth-order valence-corrected chi connectivity index (χ4v) is 3.88. The fraction of sp³-hybridized carbons (Fsp3) is 0.385. The normalized spacial score (nSPS) is 17.9. The molecule has 0 bridgehead atoms. The van der Waals surface area contributed by atoms with Crippen LogP contribution < -0.4 is 4.74 Å². The number of rotatable bonds is 9. The topological polar surface area (TPSA) is 70.1 Å². The molecule has 1 heterocycles. The van der Waals surface area contributed by atoms with Crippen LogP contribution in [0, 0.1) is 6.92 Å². The van der Waals surface area contributed by atoms with Crippen LogP contribution in [0.1, 0.15) is 42.5 Å². The highest BCUT2D eigenvalue weighted by atomic mass is 16.5. The number of likely N-dealkylation sites (tertiary alicyclic amines) is 1. The van der Waals surface area contributed by atoms with Crippen LogP contribution >= 0.6 is 0 Å². The average Bonchev–Trinajstić information content (AvgIpc) is 3.02. The van der Waals surface area contributed by atoms with E-state index < -0.39 is 17.7 Å². The molecule has 32 heavy (non-hydrogen) atoms. The van der Waals surface area contributed by atoms with Crippen LogP contribution in [0.25, 0.3) is 5.76 Å². The zero-order valence-corrected chi connectivity index (χ0v) is 19.3. The van der Waals surface area contributed by atoms with E-state index in [-0.39, 0.29) is 11.3 Å². The zero-order valence-electron chi connectivity index (χ0n) is 19.3. The van der Waals surface area contributed by atoms with Crippen LogP contribution in [0.5, 0.6) is 5.75 Å². The average molecular weight is 437 g/mol. The number of carbonyl (C=O) groups excluding carboxylic acids is 2. The van der Waals surface area contributed by atoms with E-state index in [2.05, 4.69) is 0 Å². The number of hydrogen-bond donors (Lipinski definition) is 1. The van der Waals surface area contributed by atoms with Gasteiger partial charge >= 0.3 is 0 Å². The van der Waals surface area contributed by atoms with Gasteiger partial charge in [0.2, 0.25) is 0 Å². The van der Waals surface area contributed by atoms with Crippen molar-refractivity contribution in [3.8, 4) is 5.75 Å². The number of ether oxygens (including phenoxy) is 1. The van der Waals surface area contributed by atoms with Crippen LogP contribution in [-0.2, 0) is 9.59 Å². The van der Waals surface area contributed by atoms with Crippen molar-refractivity contribution in [1.82, 2.24) is 9.80 Å². The van der Waals surface area contributed by atoms with Gasteiger partial charge in [0.05, 0.1) is 18.2 Å². The Balaban J connectivity index is 2.07. The van der Waals surface area contributed by atoms with E-state index in [1.165, 1.54) is 0 Å². The first-order valence-corrected chi connectivity index (χ1v) is 11.1. The third-order valence-corrected chi connectivity index (χ3v) is 5.52. The quantitative estimate of drug-likeness (QED) is 0.363. The van der Waals surface area contributed by atoms with E-state index in [0.29, 0.717) is 30.9 Å². The first kappa shape index (κ1) is 23.5. The van der Waals surface area contributed by atoms with Crippen LogP contribution in [0.4, 0.5) is 0 Å². The Hall–Kier alpha value is -3.12. The molecule has 1 aliphatic rings. The summed E-state index contributed by atoms with van der Waals surface area (Å²) in [5, 5.41) is 11.1. The highest BCUT2D eigenvalue weighted by Gasteiger charge is 2.45. The molecule has 1 fully saturated rings. The Bertz CT molecular complexity index is 995. The minimum atomic E-state index is -0.663. The molecule has 0 aromatic heterocycles. The van der Waals surface area contributed by atoms with Crippen molar-refractivity contribution in [2.45, 2.75) is 32.7 Å². The second-order valence-electron chi connectivity index (χ2n) is 8.44. The smallest absolute Gasteiger partial charge is 0.295 e. The number of ketones is 1. The molecule has 6 heteroatoms. The lowest BCUT2D eigenvalue weighted by atomic mass is 9.95. The Morgan fingerprint density at radius 3 is 2.50 bits per heavy atom. The molecular formula is C26H32N2O4. The molecule has 1 aliphatic heterocycles. The Morgan fingerprint density at radius 1 is 1.12 bits per heavy atom. The Kier molecular flexibility index (Phi) is 7.70. The lowest BCUT2D eigenvalue weighted by Gasteiger charge is -2.26. The van der Waals surface area contributed by atoms with Gasteiger partial charge in [0, 0.05) is 12.1 Å². The molecule has 2 aromatic carbocycles. The maximum Gasteiger partial charge on any atom is 0.295 e. The predicted octanol–water partition coefficient (Wildman–Crippen LogP) is 4.16. The molecule has 3 rings (SSSR count). The van der Waals surface area contributed by atoms with Gasteiger partial charge in [-0.25, -0.2) is 0 Å². The summed E-state index contributed by atoms with van der Waals surface area (Å²) in [6, 6.07) is 14.0. The van der Waals surface area contributed by atoms with Crippen molar-refractivity contribution >= 4 is 17.4 Å². The van der Waals surface area contributed by atoms with Crippen molar-refractivity contribution in [2.24, 2.45) is 0 Å². The molecular weight excluding hydrogens is 404 g/mol. The summed E-state index contributed by atoms with van der Waals surface area (Å²) in [5.41, 5.74) is 2.43. The van der Waals surface area contributed by atoms with Gasteiger partial charge in [-0.3, -0.25) is 9.59 Å². The number of Topliss-reactive ketones (excluding diaryl/α,β-unsaturated/α-hetero) is 1. The lowest BCUT2D eigenvalue weighted by Crippen LogP contribution is -2.32. The van der Waals surface area contributed by atoms with Gasteiger partial charge in [0.25, 0.3) is 11.7 Å². The van der Waals surface area contributed by atoms with Crippen molar-refractivity contribution in [3.05, 3.63) is 70.8 Å². The summed E-state index contributed by atoms with van der Waals surface area (Å²) in [4.78, 5) is 29.7. The van der Waals surface area contributed by atoms with Crippen molar-refractivity contribution in [2.75, 3.05) is 33.8 Å². The molecule has 2 aromatic rings. The van der Waals surface area contributed by atoms with Gasteiger partial charge < -0.3 is 19.6 Å². The summed E-state index contributed by atoms with van der Waals surface area (Å²) in [6.07, 6.45) is 1.59. The number of aryl methyl sites for hydroxylation is 1. The third kappa shape index (κ3) is 5.19. The van der Waals surface area contributed by atoms with Gasteiger partial charge in [-0.2, -0.15) is 0 Å². The van der Waals surface area contributed by atoms with Crippen molar-refractivity contribution in [1.29, 1.82) is 0 Å². The summed E-state index contributed by atoms with van der Waals surface area (Å²) < 4.78 is 5.78. The first-order valence-electron chi connectivity index (χ1n) is 11.1. The van der Waals surface area contributed by atoms with Crippen LogP contribution in [0.2, 0.25) is 0 Å². The molecule has 1 atom stereocenters. The largest absolute Gasteiger partial charge is 0.507 e.